The van der Waals surface area contributed by atoms with Crippen LogP contribution in [0.25, 0.3) is 0 Å². The van der Waals surface area contributed by atoms with Gasteiger partial charge in [-0.15, -0.1) is 17.5 Å². The van der Waals surface area contributed by atoms with Crippen molar-refractivity contribution in [2.24, 2.45) is 0 Å². The highest BCUT2D eigenvalue weighted by Crippen LogP contribution is 2.42. The van der Waals surface area contributed by atoms with Crippen LogP contribution in [0, 0.1) is 6.92 Å². The van der Waals surface area contributed by atoms with E-state index in [2.05, 4.69) is 87.5 Å². The SMILES string of the molecule is Cc1ccc(C(c2nnnn2C2CCCC2)N2c3ccccc3CC2C)cc1.Cl. The smallest absolute Gasteiger partial charge is 0.178 e. The van der Waals surface area contributed by atoms with Gasteiger partial charge in [-0.2, -0.15) is 0 Å². The molecular formula is C23H28ClN5. The van der Waals surface area contributed by atoms with E-state index in [4.69, 9.17) is 0 Å². The Kier molecular flexibility index (Phi) is 5.59. The average Bonchev–Trinajstić information content (AvgIpc) is 3.44. The van der Waals surface area contributed by atoms with Gasteiger partial charge in [0.1, 0.15) is 6.04 Å². The maximum absolute atomic E-state index is 4.57. The number of para-hydroxylation sites is 1. The number of benzene rings is 2. The molecule has 0 radical (unpaired) electrons. The molecule has 2 aliphatic rings. The van der Waals surface area contributed by atoms with Crippen molar-refractivity contribution < 1.29 is 0 Å². The molecule has 0 amide bonds. The van der Waals surface area contributed by atoms with Crippen LogP contribution in [0.3, 0.4) is 0 Å². The molecule has 2 aromatic carbocycles. The summed E-state index contributed by atoms with van der Waals surface area (Å²) in [6.07, 6.45) is 5.93. The molecule has 3 aromatic rings. The number of tetrazole rings is 1. The second kappa shape index (κ2) is 8.15. The zero-order valence-corrected chi connectivity index (χ0v) is 17.8. The van der Waals surface area contributed by atoms with E-state index < -0.39 is 0 Å². The van der Waals surface area contributed by atoms with Crippen molar-refractivity contribution in [2.75, 3.05) is 4.90 Å². The minimum Gasteiger partial charge on any atom is -0.354 e. The first-order chi connectivity index (χ1) is 13.7. The number of nitrogens with zero attached hydrogens (tertiary/aromatic N) is 5. The Labute approximate surface area is 178 Å². The van der Waals surface area contributed by atoms with Crippen molar-refractivity contribution in [1.82, 2.24) is 20.2 Å². The summed E-state index contributed by atoms with van der Waals surface area (Å²) < 4.78 is 2.12. The van der Waals surface area contributed by atoms with Gasteiger partial charge < -0.3 is 4.90 Å². The lowest BCUT2D eigenvalue weighted by Gasteiger charge is -2.34. The molecule has 1 aliphatic carbocycles. The van der Waals surface area contributed by atoms with Crippen molar-refractivity contribution in [3.63, 3.8) is 0 Å². The Morgan fingerprint density at radius 2 is 1.72 bits per heavy atom. The fourth-order valence-electron chi connectivity index (χ4n) is 4.96. The summed E-state index contributed by atoms with van der Waals surface area (Å²) in [5, 5.41) is 13.1. The zero-order chi connectivity index (χ0) is 19.1. The highest BCUT2D eigenvalue weighted by molar-refractivity contribution is 5.85. The van der Waals surface area contributed by atoms with Gasteiger partial charge in [0.05, 0.1) is 6.04 Å². The van der Waals surface area contributed by atoms with Crippen LogP contribution in [0.4, 0.5) is 5.69 Å². The molecule has 0 spiro atoms. The average molecular weight is 410 g/mol. The largest absolute Gasteiger partial charge is 0.354 e. The summed E-state index contributed by atoms with van der Waals surface area (Å²) in [6.45, 7) is 4.44. The standard InChI is InChI=1S/C23H27N5.ClH/c1-16-11-13-18(14-12-16)22(23-24-25-26-28(23)20-8-4-5-9-20)27-17(2)15-19-7-3-6-10-21(19)27;/h3,6-7,10-14,17,20,22H,4-5,8-9,15H2,1-2H3;1H. The topological polar surface area (TPSA) is 46.8 Å². The molecule has 1 saturated carbocycles. The third kappa shape index (κ3) is 3.52. The van der Waals surface area contributed by atoms with Crippen LogP contribution in [0.2, 0.25) is 0 Å². The molecule has 6 heteroatoms. The summed E-state index contributed by atoms with van der Waals surface area (Å²) in [5.74, 6) is 0.972. The molecule has 1 fully saturated rings. The summed E-state index contributed by atoms with van der Waals surface area (Å²) in [7, 11) is 0. The van der Waals surface area contributed by atoms with Gasteiger partial charge in [-0.25, -0.2) is 4.68 Å². The second-order valence-electron chi connectivity index (χ2n) is 8.32. The van der Waals surface area contributed by atoms with Gasteiger partial charge in [0, 0.05) is 11.7 Å². The highest BCUT2D eigenvalue weighted by Gasteiger charge is 2.37. The number of aryl methyl sites for hydroxylation is 1. The molecule has 5 nitrogen and oxygen atoms in total. The molecular weight excluding hydrogens is 382 g/mol. The van der Waals surface area contributed by atoms with E-state index in [0.717, 1.165) is 12.2 Å². The van der Waals surface area contributed by atoms with E-state index in [0.29, 0.717) is 12.1 Å². The maximum atomic E-state index is 4.57. The van der Waals surface area contributed by atoms with Crippen LogP contribution < -0.4 is 4.90 Å². The van der Waals surface area contributed by atoms with Crippen molar-refractivity contribution in [2.45, 2.75) is 64.1 Å². The van der Waals surface area contributed by atoms with Gasteiger partial charge in [0.15, 0.2) is 5.82 Å². The second-order valence-corrected chi connectivity index (χ2v) is 8.32. The third-order valence-corrected chi connectivity index (χ3v) is 6.36. The highest BCUT2D eigenvalue weighted by atomic mass is 35.5. The molecule has 0 N–H and O–H groups in total. The molecule has 2 unspecified atom stereocenters. The predicted molar refractivity (Wildman–Crippen MR) is 118 cm³/mol. The maximum Gasteiger partial charge on any atom is 0.178 e. The van der Waals surface area contributed by atoms with Gasteiger partial charge in [-0.3, -0.25) is 0 Å². The lowest BCUT2D eigenvalue weighted by Crippen LogP contribution is -2.36. The van der Waals surface area contributed by atoms with Gasteiger partial charge in [-0.05, 0) is 60.7 Å². The van der Waals surface area contributed by atoms with E-state index >= 15 is 0 Å². The molecule has 152 valence electrons. The minimum atomic E-state index is 0. The van der Waals surface area contributed by atoms with Crippen LogP contribution >= 0.6 is 12.4 Å². The van der Waals surface area contributed by atoms with Crippen molar-refractivity contribution in [1.29, 1.82) is 0 Å². The van der Waals surface area contributed by atoms with Crippen molar-refractivity contribution in [3.05, 3.63) is 71.0 Å². The van der Waals surface area contributed by atoms with Gasteiger partial charge >= 0.3 is 0 Å². The normalized spacial score (nSPS) is 19.8. The summed E-state index contributed by atoms with van der Waals surface area (Å²) in [6, 6.07) is 18.5. The van der Waals surface area contributed by atoms with E-state index in [9.17, 15) is 0 Å². The summed E-state index contributed by atoms with van der Waals surface area (Å²) in [4.78, 5) is 2.52. The number of hydrogen-bond acceptors (Lipinski definition) is 4. The Morgan fingerprint density at radius 1 is 1.00 bits per heavy atom. The van der Waals surface area contributed by atoms with Crippen LogP contribution in [0.1, 0.15) is 67.2 Å². The predicted octanol–water partition coefficient (Wildman–Crippen LogP) is 5.06. The molecule has 2 heterocycles. The summed E-state index contributed by atoms with van der Waals surface area (Å²) in [5.41, 5.74) is 5.24. The van der Waals surface area contributed by atoms with Gasteiger partial charge in [0.25, 0.3) is 0 Å². The van der Waals surface area contributed by atoms with E-state index in [1.165, 1.54) is 48.1 Å². The first kappa shape index (κ1) is 19.9. The van der Waals surface area contributed by atoms with Crippen LogP contribution in [-0.2, 0) is 6.42 Å². The third-order valence-electron chi connectivity index (χ3n) is 6.36. The number of anilines is 1. The van der Waals surface area contributed by atoms with Crippen molar-refractivity contribution in [3.8, 4) is 0 Å². The monoisotopic (exact) mass is 409 g/mol. The minimum absolute atomic E-state index is 0. The lowest BCUT2D eigenvalue weighted by molar-refractivity contribution is 0.424. The first-order valence-corrected chi connectivity index (χ1v) is 10.4. The summed E-state index contributed by atoms with van der Waals surface area (Å²) >= 11 is 0. The fraction of sp³-hybridized carbons (Fsp3) is 0.435. The molecule has 2 atom stereocenters. The Bertz CT molecular complexity index is 961. The van der Waals surface area contributed by atoms with Crippen LogP contribution in [0.15, 0.2) is 48.5 Å². The van der Waals surface area contributed by atoms with E-state index in [-0.39, 0.29) is 18.4 Å². The number of halogens is 1. The Hall–Kier alpha value is -2.40. The number of hydrogen-bond donors (Lipinski definition) is 0. The van der Waals surface area contributed by atoms with Gasteiger partial charge in [0.2, 0.25) is 0 Å². The molecule has 0 saturated heterocycles. The van der Waals surface area contributed by atoms with Gasteiger partial charge in [-0.1, -0.05) is 60.9 Å². The number of rotatable bonds is 4. The first-order valence-electron chi connectivity index (χ1n) is 10.4. The molecule has 1 aliphatic heterocycles. The molecule has 1 aromatic heterocycles. The number of aromatic nitrogens is 4. The lowest BCUT2D eigenvalue weighted by atomic mass is 10.0. The molecule has 0 bridgehead atoms. The zero-order valence-electron chi connectivity index (χ0n) is 17.0. The van der Waals surface area contributed by atoms with E-state index in [1.54, 1.807) is 0 Å². The molecule has 29 heavy (non-hydrogen) atoms. The molecule has 5 rings (SSSR count). The van der Waals surface area contributed by atoms with Crippen LogP contribution in [-0.4, -0.2) is 26.2 Å². The van der Waals surface area contributed by atoms with Crippen molar-refractivity contribution >= 4 is 18.1 Å². The quantitative estimate of drug-likeness (QED) is 0.604. The Balaban J connectivity index is 0.00000205. The van der Waals surface area contributed by atoms with E-state index in [1.807, 2.05) is 0 Å². The Morgan fingerprint density at radius 3 is 2.48 bits per heavy atom. The van der Waals surface area contributed by atoms with Crippen LogP contribution in [0.5, 0.6) is 0 Å². The fourth-order valence-corrected chi connectivity index (χ4v) is 4.96. The number of fused-ring (bicyclic) bond motifs is 1.